The van der Waals surface area contributed by atoms with E-state index < -0.39 is 0 Å². The summed E-state index contributed by atoms with van der Waals surface area (Å²) in [5, 5.41) is 3.70. The van der Waals surface area contributed by atoms with Crippen LogP contribution in [0.2, 0.25) is 0 Å². The highest BCUT2D eigenvalue weighted by atomic mass is 32.1. The second-order valence-corrected chi connectivity index (χ2v) is 7.01. The van der Waals surface area contributed by atoms with Crippen LogP contribution in [0.15, 0.2) is 4.79 Å². The molecule has 1 aliphatic carbocycles. The van der Waals surface area contributed by atoms with E-state index in [1.807, 2.05) is 13.8 Å². The van der Waals surface area contributed by atoms with E-state index in [0.29, 0.717) is 18.7 Å². The molecule has 2 N–H and O–H groups in total. The Morgan fingerprint density at radius 1 is 1.45 bits per heavy atom. The second-order valence-electron chi connectivity index (χ2n) is 5.93. The van der Waals surface area contributed by atoms with Crippen LogP contribution in [-0.4, -0.2) is 21.9 Å². The average molecular weight is 319 g/mol. The number of aromatic nitrogens is 2. The molecule has 0 saturated carbocycles. The largest absolute Gasteiger partial charge is 0.354 e. The van der Waals surface area contributed by atoms with Gasteiger partial charge in [-0.3, -0.25) is 9.59 Å². The van der Waals surface area contributed by atoms with Crippen LogP contribution in [0.1, 0.15) is 49.4 Å². The van der Waals surface area contributed by atoms with Crippen LogP contribution < -0.4 is 10.9 Å². The van der Waals surface area contributed by atoms with Crippen molar-refractivity contribution in [2.75, 3.05) is 0 Å². The van der Waals surface area contributed by atoms with Crippen molar-refractivity contribution in [3.05, 3.63) is 26.6 Å². The molecule has 3 rings (SSSR count). The van der Waals surface area contributed by atoms with Gasteiger partial charge in [0.15, 0.2) is 0 Å². The molecular formula is C16H21N3O2S. The first kappa shape index (κ1) is 15.2. The third-order valence-electron chi connectivity index (χ3n) is 4.23. The normalized spacial score (nSPS) is 15.0. The zero-order chi connectivity index (χ0) is 15.7. The molecule has 6 heteroatoms. The first-order chi connectivity index (χ1) is 10.6. The smallest absolute Gasteiger partial charge is 0.259 e. The van der Waals surface area contributed by atoms with Gasteiger partial charge in [-0.05, 0) is 38.2 Å². The van der Waals surface area contributed by atoms with E-state index in [1.54, 1.807) is 11.3 Å². The first-order valence-electron chi connectivity index (χ1n) is 7.91. The van der Waals surface area contributed by atoms with Gasteiger partial charge in [0.1, 0.15) is 10.7 Å². The van der Waals surface area contributed by atoms with Gasteiger partial charge in [0.2, 0.25) is 5.91 Å². The molecule has 0 aromatic carbocycles. The number of carbonyl (C=O) groups excluding carboxylic acids is 1. The third kappa shape index (κ3) is 2.92. The number of rotatable bonds is 5. The van der Waals surface area contributed by atoms with E-state index in [4.69, 9.17) is 0 Å². The summed E-state index contributed by atoms with van der Waals surface area (Å²) in [5.74, 6) is 0.613. The lowest BCUT2D eigenvalue weighted by molar-refractivity contribution is -0.121. The minimum absolute atomic E-state index is 0.00534. The van der Waals surface area contributed by atoms with Gasteiger partial charge in [-0.25, -0.2) is 4.98 Å². The highest BCUT2D eigenvalue weighted by Crippen LogP contribution is 2.34. The number of aryl methyl sites for hydroxylation is 3. The van der Waals surface area contributed by atoms with E-state index in [1.165, 1.54) is 10.4 Å². The van der Waals surface area contributed by atoms with Gasteiger partial charge < -0.3 is 10.3 Å². The Labute approximate surface area is 133 Å². The van der Waals surface area contributed by atoms with Crippen LogP contribution in [0.3, 0.4) is 0 Å². The maximum atomic E-state index is 12.3. The first-order valence-corrected chi connectivity index (χ1v) is 8.73. The number of aromatic amines is 1. The molecule has 2 aromatic heterocycles. The number of nitrogens with one attached hydrogen (secondary N) is 2. The number of thiophene rings is 1. The maximum absolute atomic E-state index is 12.3. The van der Waals surface area contributed by atoms with Crippen LogP contribution in [0.25, 0.3) is 10.2 Å². The van der Waals surface area contributed by atoms with Gasteiger partial charge in [0, 0.05) is 23.8 Å². The van der Waals surface area contributed by atoms with Gasteiger partial charge in [-0.15, -0.1) is 11.3 Å². The molecule has 0 radical (unpaired) electrons. The van der Waals surface area contributed by atoms with Crippen LogP contribution in [0.4, 0.5) is 0 Å². The number of fused-ring (bicyclic) bond motifs is 3. The maximum Gasteiger partial charge on any atom is 0.259 e. The van der Waals surface area contributed by atoms with E-state index in [-0.39, 0.29) is 17.5 Å². The minimum atomic E-state index is -0.0539. The van der Waals surface area contributed by atoms with Gasteiger partial charge in [0.25, 0.3) is 5.56 Å². The summed E-state index contributed by atoms with van der Waals surface area (Å²) in [5.41, 5.74) is 1.14. The lowest BCUT2D eigenvalue weighted by atomic mass is 10.2. The van der Waals surface area contributed by atoms with Crippen LogP contribution in [0.5, 0.6) is 0 Å². The van der Waals surface area contributed by atoms with Crippen molar-refractivity contribution in [1.82, 2.24) is 15.3 Å². The predicted octanol–water partition coefficient (Wildman–Crippen LogP) is 2.32. The fraction of sp³-hybridized carbons (Fsp3) is 0.562. The number of amides is 1. The third-order valence-corrected chi connectivity index (χ3v) is 5.42. The Hall–Kier alpha value is -1.69. The summed E-state index contributed by atoms with van der Waals surface area (Å²) < 4.78 is 0. The van der Waals surface area contributed by atoms with Crippen molar-refractivity contribution in [2.45, 2.75) is 58.4 Å². The molecule has 0 unspecified atom stereocenters. The van der Waals surface area contributed by atoms with Crippen LogP contribution in [-0.2, 0) is 24.1 Å². The zero-order valence-electron chi connectivity index (χ0n) is 13.0. The number of carbonyl (C=O) groups is 1. The fourth-order valence-electron chi connectivity index (χ4n) is 2.85. The van der Waals surface area contributed by atoms with Gasteiger partial charge >= 0.3 is 0 Å². The molecule has 0 spiro atoms. The molecule has 0 aliphatic heterocycles. The van der Waals surface area contributed by atoms with Crippen LogP contribution in [0, 0.1) is 0 Å². The van der Waals surface area contributed by atoms with Crippen molar-refractivity contribution in [2.24, 2.45) is 0 Å². The molecule has 0 saturated heterocycles. The van der Waals surface area contributed by atoms with Crippen molar-refractivity contribution >= 4 is 27.5 Å². The zero-order valence-corrected chi connectivity index (χ0v) is 13.8. The van der Waals surface area contributed by atoms with E-state index in [2.05, 4.69) is 15.3 Å². The Kier molecular flexibility index (Phi) is 4.29. The molecule has 2 heterocycles. The quantitative estimate of drug-likeness (QED) is 0.888. The number of hydrogen-bond donors (Lipinski definition) is 2. The van der Waals surface area contributed by atoms with Crippen molar-refractivity contribution in [1.29, 1.82) is 0 Å². The topological polar surface area (TPSA) is 74.8 Å². The lowest BCUT2D eigenvalue weighted by Crippen LogP contribution is -2.32. The molecule has 2 aromatic rings. The summed E-state index contributed by atoms with van der Waals surface area (Å²) in [4.78, 5) is 33.7. The molecule has 5 nitrogen and oxygen atoms in total. The molecule has 118 valence electrons. The van der Waals surface area contributed by atoms with E-state index in [0.717, 1.165) is 35.9 Å². The molecule has 0 bridgehead atoms. The average Bonchev–Trinajstić information content (AvgIpc) is 3.05. The van der Waals surface area contributed by atoms with Crippen molar-refractivity contribution in [3.63, 3.8) is 0 Å². The monoisotopic (exact) mass is 319 g/mol. The van der Waals surface area contributed by atoms with Gasteiger partial charge in [0.05, 0.1) is 5.39 Å². The Balaban J connectivity index is 1.76. The van der Waals surface area contributed by atoms with Crippen LogP contribution >= 0.6 is 11.3 Å². The Bertz CT molecular complexity index is 763. The Morgan fingerprint density at radius 3 is 3.05 bits per heavy atom. The summed E-state index contributed by atoms with van der Waals surface area (Å²) in [7, 11) is 0. The van der Waals surface area contributed by atoms with Crippen molar-refractivity contribution < 1.29 is 4.79 Å². The summed E-state index contributed by atoms with van der Waals surface area (Å²) in [6, 6.07) is 0.183. The second kappa shape index (κ2) is 6.20. The predicted molar refractivity (Wildman–Crippen MR) is 88.5 cm³/mol. The van der Waals surface area contributed by atoms with Crippen molar-refractivity contribution in [3.8, 4) is 0 Å². The molecule has 1 aliphatic rings. The van der Waals surface area contributed by atoms with E-state index >= 15 is 0 Å². The highest BCUT2D eigenvalue weighted by Gasteiger charge is 2.21. The van der Waals surface area contributed by atoms with E-state index in [9.17, 15) is 9.59 Å². The van der Waals surface area contributed by atoms with Gasteiger partial charge in [-0.1, -0.05) is 6.92 Å². The number of hydrogen-bond acceptors (Lipinski definition) is 4. The molecule has 0 fully saturated rings. The Morgan fingerprint density at radius 2 is 2.27 bits per heavy atom. The summed E-state index contributed by atoms with van der Waals surface area (Å²) >= 11 is 1.63. The summed E-state index contributed by atoms with van der Waals surface area (Å²) in [6.07, 6.45) is 4.90. The lowest BCUT2D eigenvalue weighted by Gasteiger charge is -2.10. The fourth-order valence-corrected chi connectivity index (χ4v) is 4.13. The molecular weight excluding hydrogens is 298 g/mol. The molecule has 22 heavy (non-hydrogen) atoms. The highest BCUT2D eigenvalue weighted by molar-refractivity contribution is 7.18. The standard InChI is InChI=1S/C16H21N3O2S/c1-3-9(2)17-13(20)8-7-12-18-15(21)14-10-5-4-6-11(10)22-16(14)19-12/h9H,3-8H2,1-2H3,(H,17,20)(H,18,19,21)/t9-/m1/s1. The molecule has 1 amide bonds. The minimum Gasteiger partial charge on any atom is -0.354 e. The number of H-pyrrole nitrogens is 1. The molecule has 1 atom stereocenters. The van der Waals surface area contributed by atoms with Gasteiger partial charge in [-0.2, -0.15) is 0 Å². The SMILES string of the molecule is CC[C@@H](C)NC(=O)CCc1nc2sc3c(c2c(=O)[nH]1)CCC3. The summed E-state index contributed by atoms with van der Waals surface area (Å²) in [6.45, 7) is 4.02. The number of nitrogens with zero attached hydrogens (tertiary/aromatic N) is 1.